The summed E-state index contributed by atoms with van der Waals surface area (Å²) in [6, 6.07) is 35.4. The van der Waals surface area contributed by atoms with E-state index in [2.05, 4.69) is 88.4 Å². The van der Waals surface area contributed by atoms with Crippen LogP contribution in [0.3, 0.4) is 0 Å². The van der Waals surface area contributed by atoms with E-state index in [1.54, 1.807) is 0 Å². The van der Waals surface area contributed by atoms with Crippen LogP contribution in [0.25, 0.3) is 0 Å². The summed E-state index contributed by atoms with van der Waals surface area (Å²) in [7, 11) is 0. The average Bonchev–Trinajstić information content (AvgIpc) is 3.20. The third-order valence-electron chi connectivity index (χ3n) is 7.39. The molecule has 1 unspecified atom stereocenters. The Morgan fingerprint density at radius 3 is 1.68 bits per heavy atom. The van der Waals surface area contributed by atoms with Gasteiger partial charge in [-0.2, -0.15) is 0 Å². The van der Waals surface area contributed by atoms with Gasteiger partial charge in [0.05, 0.1) is 0 Å². The molecule has 170 valence electrons. The van der Waals surface area contributed by atoms with E-state index in [4.69, 9.17) is 4.74 Å². The van der Waals surface area contributed by atoms with E-state index in [1.165, 1.54) is 16.7 Å². The quantitative estimate of drug-likeness (QED) is 0.236. The Bertz CT molecular complexity index is 1320. The van der Waals surface area contributed by atoms with E-state index in [1.807, 2.05) is 42.5 Å². The maximum atomic E-state index is 13.3. The van der Waals surface area contributed by atoms with Crippen LogP contribution in [0.15, 0.2) is 103 Å². The molecule has 4 aromatic rings. The minimum absolute atomic E-state index is 0.207. The summed E-state index contributed by atoms with van der Waals surface area (Å²) in [6.07, 6.45) is 0. The van der Waals surface area contributed by atoms with Crippen molar-refractivity contribution in [2.45, 2.75) is 44.4 Å². The van der Waals surface area contributed by atoms with Gasteiger partial charge in [-0.15, -0.1) is 0 Å². The number of carbonyl (C=O) groups excluding carboxylic acids is 1. The highest BCUT2D eigenvalue weighted by atomic mass is 16.5. The molecule has 0 bridgehead atoms. The largest absolute Gasteiger partial charge is 0.425 e. The van der Waals surface area contributed by atoms with Gasteiger partial charge in [-0.25, -0.2) is 0 Å². The Kier molecular flexibility index (Phi) is 5.40. The van der Waals surface area contributed by atoms with Crippen molar-refractivity contribution in [1.82, 2.24) is 0 Å². The van der Waals surface area contributed by atoms with Crippen LogP contribution in [0.1, 0.15) is 67.0 Å². The van der Waals surface area contributed by atoms with Gasteiger partial charge in [-0.05, 0) is 28.3 Å². The first-order chi connectivity index (χ1) is 16.3. The maximum absolute atomic E-state index is 13.3. The van der Waals surface area contributed by atoms with Crippen molar-refractivity contribution in [3.05, 3.63) is 137 Å². The fourth-order valence-electron chi connectivity index (χ4n) is 5.08. The molecule has 2 nitrogen and oxygen atoms in total. The summed E-state index contributed by atoms with van der Waals surface area (Å²) < 4.78 is 6.05. The molecule has 1 aliphatic rings. The Morgan fingerprint density at radius 2 is 1.12 bits per heavy atom. The van der Waals surface area contributed by atoms with Crippen LogP contribution in [0, 0.1) is 0 Å². The van der Waals surface area contributed by atoms with Gasteiger partial charge in [0, 0.05) is 22.0 Å². The lowest BCUT2D eigenvalue weighted by atomic mass is 9.71. The van der Waals surface area contributed by atoms with Crippen molar-refractivity contribution >= 4 is 5.97 Å². The van der Waals surface area contributed by atoms with E-state index >= 15 is 0 Å². The number of ether oxygens (including phenoxy) is 1. The predicted octanol–water partition coefficient (Wildman–Crippen LogP) is 7.39. The minimum atomic E-state index is -0.423. The van der Waals surface area contributed by atoms with Gasteiger partial charge >= 0.3 is 5.97 Å². The average molecular weight is 447 g/mol. The van der Waals surface area contributed by atoms with Crippen LogP contribution < -0.4 is 4.74 Å². The molecule has 0 amide bonds. The molecule has 1 atom stereocenters. The molecule has 1 heterocycles. The van der Waals surface area contributed by atoms with Gasteiger partial charge in [0.1, 0.15) is 11.7 Å². The molecule has 0 aromatic heterocycles. The monoisotopic (exact) mass is 446 g/mol. The van der Waals surface area contributed by atoms with Crippen LogP contribution in [-0.2, 0) is 15.6 Å². The van der Waals surface area contributed by atoms with Gasteiger partial charge in [-0.1, -0.05) is 125 Å². The third kappa shape index (κ3) is 3.64. The molecule has 0 spiro atoms. The first-order valence-corrected chi connectivity index (χ1v) is 11.9. The first-order valence-electron chi connectivity index (χ1n) is 11.9. The van der Waals surface area contributed by atoms with Gasteiger partial charge < -0.3 is 4.74 Å². The standard InChI is InChI=1S/C32H30O2/c1-31(2,23-16-10-6-11-17-23)25-20-26-28(22-14-8-5-9-15-22)30(33)34-29(26)27(21-25)32(3,4)24-18-12-7-13-19-24/h5-21,28H,1-4H3. The number of benzene rings is 4. The van der Waals surface area contributed by atoms with Gasteiger partial charge in [0.2, 0.25) is 0 Å². The molecule has 2 heteroatoms. The normalized spacial score (nSPS) is 15.6. The molecule has 0 fully saturated rings. The lowest BCUT2D eigenvalue weighted by Crippen LogP contribution is -2.24. The van der Waals surface area contributed by atoms with Crippen molar-refractivity contribution in [3.8, 4) is 5.75 Å². The van der Waals surface area contributed by atoms with Crippen LogP contribution in [0.2, 0.25) is 0 Å². The molecule has 0 aliphatic carbocycles. The second-order valence-corrected chi connectivity index (χ2v) is 10.2. The Labute approximate surface area is 202 Å². The Hall–Kier alpha value is -3.65. The van der Waals surface area contributed by atoms with Crippen molar-refractivity contribution in [3.63, 3.8) is 0 Å². The molecule has 0 N–H and O–H groups in total. The number of fused-ring (bicyclic) bond motifs is 1. The van der Waals surface area contributed by atoms with Crippen molar-refractivity contribution in [2.75, 3.05) is 0 Å². The molecular formula is C32H30O2. The summed E-state index contributed by atoms with van der Waals surface area (Å²) >= 11 is 0. The van der Waals surface area contributed by atoms with Gasteiger partial charge in [0.25, 0.3) is 0 Å². The topological polar surface area (TPSA) is 26.3 Å². The summed E-state index contributed by atoms with van der Waals surface area (Å²) in [4.78, 5) is 13.3. The third-order valence-corrected chi connectivity index (χ3v) is 7.39. The van der Waals surface area contributed by atoms with Crippen LogP contribution in [0.5, 0.6) is 5.75 Å². The zero-order valence-electron chi connectivity index (χ0n) is 20.2. The molecule has 0 saturated heterocycles. The highest BCUT2D eigenvalue weighted by molar-refractivity contribution is 5.90. The number of rotatable bonds is 5. The fourth-order valence-corrected chi connectivity index (χ4v) is 5.08. The number of esters is 1. The van der Waals surface area contributed by atoms with Crippen molar-refractivity contribution in [2.24, 2.45) is 0 Å². The summed E-state index contributed by atoms with van der Waals surface area (Å²) in [5.41, 5.74) is 5.97. The lowest BCUT2D eigenvalue weighted by Gasteiger charge is -2.32. The van der Waals surface area contributed by atoms with Crippen molar-refractivity contribution < 1.29 is 9.53 Å². The fraction of sp³-hybridized carbons (Fsp3) is 0.219. The van der Waals surface area contributed by atoms with E-state index in [-0.39, 0.29) is 16.8 Å². The molecule has 0 saturated carbocycles. The van der Waals surface area contributed by atoms with Crippen LogP contribution >= 0.6 is 0 Å². The maximum Gasteiger partial charge on any atom is 0.323 e. The minimum Gasteiger partial charge on any atom is -0.425 e. The van der Waals surface area contributed by atoms with E-state index in [0.717, 1.165) is 16.7 Å². The van der Waals surface area contributed by atoms with E-state index in [0.29, 0.717) is 5.75 Å². The smallest absolute Gasteiger partial charge is 0.323 e. The van der Waals surface area contributed by atoms with Crippen molar-refractivity contribution in [1.29, 1.82) is 0 Å². The Balaban J connectivity index is 1.77. The summed E-state index contributed by atoms with van der Waals surface area (Å²) in [6.45, 7) is 8.92. The molecule has 5 rings (SSSR count). The number of carbonyl (C=O) groups is 1. The van der Waals surface area contributed by atoms with Gasteiger partial charge in [-0.3, -0.25) is 4.79 Å². The number of hydrogen-bond acceptors (Lipinski definition) is 2. The zero-order chi connectivity index (χ0) is 23.9. The lowest BCUT2D eigenvalue weighted by molar-refractivity contribution is -0.133. The van der Waals surface area contributed by atoms with Crippen LogP contribution in [-0.4, -0.2) is 5.97 Å². The predicted molar refractivity (Wildman–Crippen MR) is 138 cm³/mol. The van der Waals surface area contributed by atoms with E-state index in [9.17, 15) is 4.79 Å². The molecule has 4 aromatic carbocycles. The highest BCUT2D eigenvalue weighted by Crippen LogP contribution is 2.49. The summed E-state index contributed by atoms with van der Waals surface area (Å²) in [5.74, 6) is 0.0781. The highest BCUT2D eigenvalue weighted by Gasteiger charge is 2.41. The Morgan fingerprint density at radius 1 is 0.618 bits per heavy atom. The zero-order valence-corrected chi connectivity index (χ0v) is 20.2. The molecule has 0 radical (unpaired) electrons. The van der Waals surface area contributed by atoms with E-state index < -0.39 is 5.92 Å². The van der Waals surface area contributed by atoms with Gasteiger partial charge in [0.15, 0.2) is 0 Å². The molecular weight excluding hydrogens is 416 g/mol. The van der Waals surface area contributed by atoms with Crippen LogP contribution in [0.4, 0.5) is 0 Å². The number of hydrogen-bond donors (Lipinski definition) is 0. The SMILES string of the molecule is CC(C)(c1ccccc1)c1cc2c(c(C(C)(C)c3ccccc3)c1)OC(=O)C2c1ccccc1. The second kappa shape index (κ2) is 8.29. The first kappa shape index (κ1) is 22.2. The summed E-state index contributed by atoms with van der Waals surface area (Å²) in [5, 5.41) is 0. The molecule has 1 aliphatic heterocycles. The molecule has 34 heavy (non-hydrogen) atoms. The second-order valence-electron chi connectivity index (χ2n) is 10.2.